The molecule has 2 aromatic rings. The average molecular weight is 333 g/mol. The summed E-state index contributed by atoms with van der Waals surface area (Å²) in [5, 5.41) is 0. The average Bonchev–Trinajstić information content (AvgIpc) is 2.66. The minimum atomic E-state index is 0.696. The number of rotatable bonds is 7. The Labute approximate surface area is 154 Å². The highest BCUT2D eigenvalue weighted by atomic mass is 14.2. The Kier molecular flexibility index (Phi) is 6.50. The Morgan fingerprint density at radius 3 is 2.52 bits per heavy atom. The molecule has 0 nitrogen and oxygen atoms in total. The van der Waals surface area contributed by atoms with Gasteiger partial charge in [-0.3, -0.25) is 0 Å². The Hall–Kier alpha value is -1.82. The molecule has 3 rings (SSSR count). The highest BCUT2D eigenvalue weighted by Crippen LogP contribution is 2.33. The zero-order valence-corrected chi connectivity index (χ0v) is 15.9. The Morgan fingerprint density at radius 2 is 1.76 bits per heavy atom. The van der Waals surface area contributed by atoms with Gasteiger partial charge in [0, 0.05) is 0 Å². The van der Waals surface area contributed by atoms with E-state index < -0.39 is 0 Å². The summed E-state index contributed by atoms with van der Waals surface area (Å²) in [5.41, 5.74) is 7.68. The first-order valence-corrected chi connectivity index (χ1v) is 10.1. The van der Waals surface area contributed by atoms with Gasteiger partial charge in [-0.25, -0.2) is 0 Å². The number of unbranched alkanes of at least 4 members (excludes halogenated alkanes) is 1. The van der Waals surface area contributed by atoms with Crippen LogP contribution >= 0.6 is 0 Å². The van der Waals surface area contributed by atoms with Crippen molar-refractivity contribution in [1.29, 1.82) is 0 Å². The van der Waals surface area contributed by atoms with Crippen molar-refractivity contribution in [1.82, 2.24) is 0 Å². The standard InChI is InChI=1S/C25H32/c1-3-5-7-9-21-12-15-25-19-24(17-16-23(25)18-21)22-13-10-20(11-14-22)8-6-4-2/h3,5,10-15,18,24H,4,6-9,16-17,19H2,1-2H3/b5-3+. The largest absolute Gasteiger partial charge is 0.0917 e. The van der Waals surface area contributed by atoms with Crippen molar-refractivity contribution < 1.29 is 0 Å². The molecule has 0 aromatic heterocycles. The highest BCUT2D eigenvalue weighted by molar-refractivity contribution is 5.37. The topological polar surface area (TPSA) is 0 Å². The molecule has 0 N–H and O–H groups in total. The van der Waals surface area contributed by atoms with Gasteiger partial charge in [0.05, 0.1) is 0 Å². The first-order chi connectivity index (χ1) is 12.3. The third-order valence-corrected chi connectivity index (χ3v) is 5.60. The Bertz CT molecular complexity index is 690. The van der Waals surface area contributed by atoms with E-state index in [0.29, 0.717) is 5.92 Å². The molecule has 1 unspecified atom stereocenters. The van der Waals surface area contributed by atoms with Gasteiger partial charge >= 0.3 is 0 Å². The maximum atomic E-state index is 2.46. The quantitative estimate of drug-likeness (QED) is 0.488. The van der Waals surface area contributed by atoms with Gasteiger partial charge in [0.15, 0.2) is 0 Å². The van der Waals surface area contributed by atoms with E-state index in [1.165, 1.54) is 61.6 Å². The van der Waals surface area contributed by atoms with E-state index in [9.17, 15) is 0 Å². The van der Waals surface area contributed by atoms with E-state index in [4.69, 9.17) is 0 Å². The summed E-state index contributed by atoms with van der Waals surface area (Å²) in [4.78, 5) is 0. The van der Waals surface area contributed by atoms with Crippen LogP contribution in [0.15, 0.2) is 54.6 Å². The molecule has 25 heavy (non-hydrogen) atoms. The monoisotopic (exact) mass is 332 g/mol. The molecule has 0 heterocycles. The van der Waals surface area contributed by atoms with Crippen molar-refractivity contribution in [3.05, 3.63) is 82.4 Å². The number of hydrogen-bond acceptors (Lipinski definition) is 0. The predicted molar refractivity (Wildman–Crippen MR) is 109 cm³/mol. The van der Waals surface area contributed by atoms with Crippen LogP contribution < -0.4 is 0 Å². The highest BCUT2D eigenvalue weighted by Gasteiger charge is 2.20. The molecule has 0 amide bonds. The van der Waals surface area contributed by atoms with E-state index >= 15 is 0 Å². The first-order valence-electron chi connectivity index (χ1n) is 10.1. The lowest BCUT2D eigenvalue weighted by Crippen LogP contribution is -2.13. The second-order valence-electron chi connectivity index (χ2n) is 7.50. The van der Waals surface area contributed by atoms with Gasteiger partial charge < -0.3 is 0 Å². The van der Waals surface area contributed by atoms with Crippen molar-refractivity contribution in [3.8, 4) is 0 Å². The number of benzene rings is 2. The van der Waals surface area contributed by atoms with E-state index in [2.05, 4.69) is 68.5 Å². The predicted octanol–water partition coefficient (Wildman–Crippen LogP) is 6.81. The normalized spacial score (nSPS) is 17.0. The van der Waals surface area contributed by atoms with Crippen LogP contribution in [0.2, 0.25) is 0 Å². The van der Waals surface area contributed by atoms with Crippen molar-refractivity contribution >= 4 is 0 Å². The third-order valence-electron chi connectivity index (χ3n) is 5.60. The van der Waals surface area contributed by atoms with Crippen molar-refractivity contribution in [3.63, 3.8) is 0 Å². The van der Waals surface area contributed by atoms with Gasteiger partial charge in [-0.15, -0.1) is 0 Å². The second-order valence-corrected chi connectivity index (χ2v) is 7.50. The number of fused-ring (bicyclic) bond motifs is 1. The van der Waals surface area contributed by atoms with Crippen LogP contribution in [-0.2, 0) is 25.7 Å². The molecule has 0 spiro atoms. The molecule has 1 aliphatic carbocycles. The fraction of sp³-hybridized carbons (Fsp3) is 0.440. The minimum absolute atomic E-state index is 0.696. The lowest BCUT2D eigenvalue weighted by atomic mass is 9.79. The number of allylic oxidation sites excluding steroid dienone is 2. The fourth-order valence-electron chi connectivity index (χ4n) is 4.00. The van der Waals surface area contributed by atoms with Gasteiger partial charge in [0.2, 0.25) is 0 Å². The zero-order valence-electron chi connectivity index (χ0n) is 15.9. The molecule has 0 bridgehead atoms. The third kappa shape index (κ3) is 4.84. The number of aryl methyl sites for hydroxylation is 3. The molecule has 0 saturated heterocycles. The minimum Gasteiger partial charge on any atom is -0.0917 e. The molecule has 0 aliphatic heterocycles. The Balaban J connectivity index is 1.64. The molecular formula is C25H32. The fourth-order valence-corrected chi connectivity index (χ4v) is 4.00. The molecule has 0 fully saturated rings. The van der Waals surface area contributed by atoms with E-state index in [1.54, 1.807) is 11.1 Å². The van der Waals surface area contributed by atoms with Crippen LogP contribution in [0.3, 0.4) is 0 Å². The molecule has 132 valence electrons. The van der Waals surface area contributed by atoms with E-state index in [-0.39, 0.29) is 0 Å². The maximum absolute atomic E-state index is 2.46. The molecular weight excluding hydrogens is 300 g/mol. The summed E-state index contributed by atoms with van der Waals surface area (Å²) in [5.74, 6) is 0.696. The summed E-state index contributed by atoms with van der Waals surface area (Å²) in [6, 6.07) is 16.7. The molecule has 0 radical (unpaired) electrons. The van der Waals surface area contributed by atoms with Crippen molar-refractivity contribution in [2.24, 2.45) is 0 Å². The number of hydrogen-bond donors (Lipinski definition) is 0. The van der Waals surface area contributed by atoms with Crippen molar-refractivity contribution in [2.75, 3.05) is 0 Å². The van der Waals surface area contributed by atoms with Gasteiger partial charge in [0.1, 0.15) is 0 Å². The van der Waals surface area contributed by atoms with E-state index in [0.717, 1.165) is 6.42 Å². The SMILES string of the molecule is C/C=C/CCc1ccc2c(c1)CCC(c1ccc(CCCC)cc1)C2. The van der Waals surface area contributed by atoms with Gasteiger partial charge in [-0.2, -0.15) is 0 Å². The van der Waals surface area contributed by atoms with E-state index in [1.807, 2.05) is 0 Å². The molecule has 0 heteroatoms. The summed E-state index contributed by atoms with van der Waals surface area (Å²) in [6.07, 6.45) is 14.3. The van der Waals surface area contributed by atoms with Gasteiger partial charge in [0.25, 0.3) is 0 Å². The Morgan fingerprint density at radius 1 is 0.960 bits per heavy atom. The van der Waals surface area contributed by atoms with Gasteiger partial charge in [-0.05, 0) is 85.6 Å². The van der Waals surface area contributed by atoms with Crippen molar-refractivity contribution in [2.45, 2.75) is 71.1 Å². The second kappa shape index (κ2) is 9.04. The van der Waals surface area contributed by atoms with Crippen LogP contribution in [-0.4, -0.2) is 0 Å². The lowest BCUT2D eigenvalue weighted by molar-refractivity contribution is 0.584. The molecule has 1 aliphatic rings. The summed E-state index contributed by atoms with van der Waals surface area (Å²) < 4.78 is 0. The van der Waals surface area contributed by atoms with Crippen LogP contribution in [0.25, 0.3) is 0 Å². The smallest absolute Gasteiger partial charge is 0.0118 e. The van der Waals surface area contributed by atoms with Crippen LogP contribution in [0.4, 0.5) is 0 Å². The zero-order chi connectivity index (χ0) is 17.5. The molecule has 1 atom stereocenters. The summed E-state index contributed by atoms with van der Waals surface area (Å²) in [7, 11) is 0. The maximum Gasteiger partial charge on any atom is -0.0118 e. The molecule has 0 saturated carbocycles. The van der Waals surface area contributed by atoms with Crippen LogP contribution in [0, 0.1) is 0 Å². The lowest BCUT2D eigenvalue weighted by Gasteiger charge is -2.25. The summed E-state index contributed by atoms with van der Waals surface area (Å²) >= 11 is 0. The summed E-state index contributed by atoms with van der Waals surface area (Å²) in [6.45, 7) is 4.36. The van der Waals surface area contributed by atoms with Crippen LogP contribution in [0.1, 0.15) is 73.3 Å². The molecule has 2 aromatic carbocycles. The van der Waals surface area contributed by atoms with Crippen LogP contribution in [0.5, 0.6) is 0 Å². The van der Waals surface area contributed by atoms with Gasteiger partial charge in [-0.1, -0.05) is 68.0 Å². The first kappa shape index (κ1) is 18.0.